The summed E-state index contributed by atoms with van der Waals surface area (Å²) in [5, 5.41) is 0. The fourth-order valence-corrected chi connectivity index (χ4v) is 3.34. The molecular weight excluding hydrogens is 178 g/mol. The van der Waals surface area contributed by atoms with Crippen LogP contribution >= 0.6 is 34.8 Å². The van der Waals surface area contributed by atoms with E-state index in [1.165, 1.54) is 6.42 Å². The average molecular weight is 185 g/mol. The Morgan fingerprint density at radius 2 is 1.89 bits per heavy atom. The molecule has 2 saturated carbocycles. The molecule has 0 radical (unpaired) electrons. The van der Waals surface area contributed by atoms with Crippen LogP contribution in [-0.2, 0) is 0 Å². The van der Waals surface area contributed by atoms with Crippen LogP contribution in [0.25, 0.3) is 0 Å². The van der Waals surface area contributed by atoms with E-state index in [0.29, 0.717) is 5.92 Å². The molecule has 0 saturated heterocycles. The Kier molecular flexibility index (Phi) is 1.13. The molecule has 0 aromatic heterocycles. The van der Waals surface area contributed by atoms with Crippen LogP contribution in [0.4, 0.5) is 0 Å². The molecule has 2 atom stereocenters. The third-order valence-electron chi connectivity index (χ3n) is 2.49. The molecule has 0 aromatic carbocycles. The lowest BCUT2D eigenvalue weighted by atomic mass is 10.2. The van der Waals surface area contributed by atoms with Gasteiger partial charge in [0.1, 0.15) is 4.33 Å². The highest BCUT2D eigenvalue weighted by Gasteiger charge is 2.76. The van der Waals surface area contributed by atoms with E-state index < -0.39 is 4.33 Å². The van der Waals surface area contributed by atoms with Gasteiger partial charge in [-0.1, -0.05) is 29.6 Å². The molecule has 2 aliphatic rings. The second-order valence-electron chi connectivity index (χ2n) is 2.93. The fourth-order valence-electron chi connectivity index (χ4n) is 1.81. The Bertz CT molecular complexity index is 154. The highest BCUT2D eigenvalue weighted by molar-refractivity contribution is 6.58. The van der Waals surface area contributed by atoms with Crippen molar-refractivity contribution in [2.24, 2.45) is 5.92 Å². The largest absolute Gasteiger partial charge is 0.142 e. The molecule has 0 spiro atoms. The summed E-state index contributed by atoms with van der Waals surface area (Å²) in [6.45, 7) is 0. The molecule has 0 aliphatic heterocycles. The Morgan fingerprint density at radius 1 is 1.22 bits per heavy atom. The molecule has 0 amide bonds. The molecule has 0 heterocycles. The Labute approximate surface area is 69.5 Å². The normalized spacial score (nSPS) is 53.0. The molecular formula is C6H7Cl3. The third kappa shape index (κ3) is 0.580. The summed E-state index contributed by atoms with van der Waals surface area (Å²) in [5.41, 5.74) is 0. The first-order chi connectivity index (χ1) is 4.09. The van der Waals surface area contributed by atoms with Crippen LogP contribution in [0.15, 0.2) is 0 Å². The van der Waals surface area contributed by atoms with Crippen molar-refractivity contribution in [2.45, 2.75) is 28.5 Å². The lowest BCUT2D eigenvalue weighted by Gasteiger charge is -2.05. The minimum atomic E-state index is -0.590. The summed E-state index contributed by atoms with van der Waals surface area (Å²) in [5.74, 6) is 0.370. The van der Waals surface area contributed by atoms with Crippen LogP contribution < -0.4 is 0 Å². The van der Waals surface area contributed by atoms with Crippen LogP contribution in [0, 0.1) is 5.92 Å². The van der Waals surface area contributed by atoms with Gasteiger partial charge in [0.25, 0.3) is 0 Å². The minimum absolute atomic E-state index is 0.240. The van der Waals surface area contributed by atoms with Gasteiger partial charge in [-0.05, 0) is 12.8 Å². The van der Waals surface area contributed by atoms with E-state index in [9.17, 15) is 0 Å². The van der Waals surface area contributed by atoms with Crippen LogP contribution in [0.2, 0.25) is 0 Å². The second kappa shape index (κ2) is 1.54. The van der Waals surface area contributed by atoms with Crippen molar-refractivity contribution in [3.05, 3.63) is 0 Å². The number of fused-ring (bicyclic) bond motifs is 1. The van der Waals surface area contributed by atoms with Gasteiger partial charge < -0.3 is 0 Å². The van der Waals surface area contributed by atoms with E-state index >= 15 is 0 Å². The molecule has 0 bridgehead atoms. The zero-order chi connectivity index (χ0) is 6.70. The Morgan fingerprint density at radius 3 is 2.11 bits per heavy atom. The van der Waals surface area contributed by atoms with Gasteiger partial charge in [0.05, 0.1) is 4.87 Å². The molecule has 3 heteroatoms. The lowest BCUT2D eigenvalue weighted by Crippen LogP contribution is -2.06. The topological polar surface area (TPSA) is 0 Å². The smallest absolute Gasteiger partial charge is 0.116 e. The number of alkyl halides is 3. The summed E-state index contributed by atoms with van der Waals surface area (Å²) in [7, 11) is 0. The first-order valence-corrected chi connectivity index (χ1v) is 4.29. The maximum atomic E-state index is 6.07. The zero-order valence-electron chi connectivity index (χ0n) is 4.83. The standard InChI is InChI=1S/C6H7Cl3/c7-5-3-1-2-4(5)6(5,8)9/h4H,1-3H2. The van der Waals surface area contributed by atoms with Crippen LogP contribution in [0.1, 0.15) is 19.3 Å². The second-order valence-corrected chi connectivity index (χ2v) is 4.99. The molecule has 0 aromatic rings. The Hall–Kier alpha value is 0.870. The van der Waals surface area contributed by atoms with Gasteiger partial charge in [-0.25, -0.2) is 0 Å². The van der Waals surface area contributed by atoms with E-state index in [1.807, 2.05) is 0 Å². The van der Waals surface area contributed by atoms with Gasteiger partial charge in [-0.3, -0.25) is 0 Å². The molecule has 2 unspecified atom stereocenters. The van der Waals surface area contributed by atoms with Crippen molar-refractivity contribution < 1.29 is 0 Å². The molecule has 2 fully saturated rings. The van der Waals surface area contributed by atoms with E-state index in [0.717, 1.165) is 12.8 Å². The van der Waals surface area contributed by atoms with Crippen LogP contribution in [-0.4, -0.2) is 9.21 Å². The van der Waals surface area contributed by atoms with Gasteiger partial charge in [0.15, 0.2) is 0 Å². The van der Waals surface area contributed by atoms with Gasteiger partial charge >= 0.3 is 0 Å². The predicted molar refractivity (Wildman–Crippen MR) is 40.4 cm³/mol. The number of hydrogen-bond acceptors (Lipinski definition) is 0. The van der Waals surface area contributed by atoms with Gasteiger partial charge in [0, 0.05) is 5.92 Å². The number of hydrogen-bond donors (Lipinski definition) is 0. The zero-order valence-corrected chi connectivity index (χ0v) is 7.10. The highest BCUT2D eigenvalue weighted by atomic mass is 35.5. The molecule has 52 valence electrons. The predicted octanol–water partition coefficient (Wildman–Crippen LogP) is 2.95. The average Bonchev–Trinajstić information content (AvgIpc) is 2.21. The summed E-state index contributed by atoms with van der Waals surface area (Å²) in [4.78, 5) is -0.240. The van der Waals surface area contributed by atoms with Gasteiger partial charge in [-0.15, -0.1) is 11.6 Å². The van der Waals surface area contributed by atoms with Crippen molar-refractivity contribution in [1.29, 1.82) is 0 Å². The Balaban J connectivity index is 2.26. The SMILES string of the molecule is ClC1(Cl)C2CCCC21Cl. The molecule has 9 heavy (non-hydrogen) atoms. The van der Waals surface area contributed by atoms with E-state index in [1.54, 1.807) is 0 Å². The third-order valence-corrected chi connectivity index (χ3v) is 4.64. The lowest BCUT2D eigenvalue weighted by molar-refractivity contribution is 0.722. The quantitative estimate of drug-likeness (QED) is 0.509. The van der Waals surface area contributed by atoms with E-state index in [-0.39, 0.29) is 4.87 Å². The summed E-state index contributed by atoms with van der Waals surface area (Å²) >= 11 is 17.8. The van der Waals surface area contributed by atoms with E-state index in [2.05, 4.69) is 0 Å². The van der Waals surface area contributed by atoms with Crippen molar-refractivity contribution in [1.82, 2.24) is 0 Å². The number of halogens is 3. The van der Waals surface area contributed by atoms with Crippen molar-refractivity contribution in [3.8, 4) is 0 Å². The molecule has 0 nitrogen and oxygen atoms in total. The maximum absolute atomic E-state index is 6.07. The first-order valence-electron chi connectivity index (χ1n) is 3.16. The van der Waals surface area contributed by atoms with Gasteiger partial charge in [-0.2, -0.15) is 0 Å². The van der Waals surface area contributed by atoms with E-state index in [4.69, 9.17) is 34.8 Å². The first kappa shape index (κ1) is 6.57. The van der Waals surface area contributed by atoms with Crippen LogP contribution in [0.5, 0.6) is 0 Å². The molecule has 2 rings (SSSR count). The summed E-state index contributed by atoms with van der Waals surface area (Å²) < 4.78 is -0.590. The maximum Gasteiger partial charge on any atom is 0.142 e. The van der Waals surface area contributed by atoms with Crippen molar-refractivity contribution in [2.75, 3.05) is 0 Å². The van der Waals surface area contributed by atoms with Crippen LogP contribution in [0.3, 0.4) is 0 Å². The van der Waals surface area contributed by atoms with Gasteiger partial charge in [0.2, 0.25) is 0 Å². The molecule has 0 N–H and O–H groups in total. The summed E-state index contributed by atoms with van der Waals surface area (Å²) in [6.07, 6.45) is 3.29. The summed E-state index contributed by atoms with van der Waals surface area (Å²) in [6, 6.07) is 0. The number of rotatable bonds is 0. The monoisotopic (exact) mass is 184 g/mol. The highest BCUT2D eigenvalue weighted by Crippen LogP contribution is 2.73. The van der Waals surface area contributed by atoms with Crippen molar-refractivity contribution in [3.63, 3.8) is 0 Å². The fraction of sp³-hybridized carbons (Fsp3) is 1.00. The van der Waals surface area contributed by atoms with Crippen molar-refractivity contribution >= 4 is 34.8 Å². The minimum Gasteiger partial charge on any atom is -0.116 e. The molecule has 2 aliphatic carbocycles.